The Kier molecular flexibility index (Phi) is 4.01. The molecule has 2 N–H and O–H groups in total. The summed E-state index contributed by atoms with van der Waals surface area (Å²) in [6.07, 6.45) is 0. The Morgan fingerprint density at radius 1 is 1.22 bits per heavy atom. The molecule has 102 valence electrons. The molecule has 0 aromatic heterocycles. The van der Waals surface area contributed by atoms with Crippen LogP contribution in [0.4, 0.5) is 8.78 Å². The molecule has 0 bridgehead atoms. The molecule has 1 rings (SSSR count). The first-order chi connectivity index (χ1) is 8.10. The molecule has 0 saturated heterocycles. The van der Waals surface area contributed by atoms with Gasteiger partial charge in [-0.1, -0.05) is 20.8 Å². The fourth-order valence-electron chi connectivity index (χ4n) is 1.76. The largest absolute Gasteiger partial charge is 0.496 e. The van der Waals surface area contributed by atoms with Crippen LogP contribution in [0.5, 0.6) is 5.75 Å². The second-order valence-electron chi connectivity index (χ2n) is 5.58. The maximum absolute atomic E-state index is 13.9. The van der Waals surface area contributed by atoms with Gasteiger partial charge in [0.1, 0.15) is 5.75 Å². The minimum Gasteiger partial charge on any atom is -0.496 e. The molecule has 0 aliphatic rings. The van der Waals surface area contributed by atoms with E-state index in [1.165, 1.54) is 26.2 Å². The van der Waals surface area contributed by atoms with Crippen LogP contribution in [-0.2, 0) is 11.3 Å². The van der Waals surface area contributed by atoms with E-state index in [1.807, 2.05) is 20.8 Å². The summed E-state index contributed by atoms with van der Waals surface area (Å²) in [5, 5.41) is 0. The first kappa shape index (κ1) is 14.9. The van der Waals surface area contributed by atoms with Crippen molar-refractivity contribution < 1.29 is 13.5 Å². The summed E-state index contributed by atoms with van der Waals surface area (Å²) in [6, 6.07) is 3.21. The molecule has 1 atom stereocenters. The Morgan fingerprint density at radius 2 is 1.78 bits per heavy atom. The van der Waals surface area contributed by atoms with E-state index >= 15 is 0 Å². The highest BCUT2D eigenvalue weighted by atomic mass is 19.3. The van der Waals surface area contributed by atoms with Crippen LogP contribution in [0, 0.1) is 0 Å². The lowest BCUT2D eigenvalue weighted by atomic mass is 9.84. The van der Waals surface area contributed by atoms with Crippen LogP contribution < -0.4 is 10.5 Å². The highest BCUT2D eigenvalue weighted by Gasteiger charge is 2.37. The first-order valence-corrected chi connectivity index (χ1v) is 5.93. The molecule has 0 spiro atoms. The van der Waals surface area contributed by atoms with E-state index in [1.54, 1.807) is 6.07 Å². The van der Waals surface area contributed by atoms with Crippen LogP contribution >= 0.6 is 0 Å². The molecule has 1 aromatic carbocycles. The molecule has 4 heteroatoms. The minimum atomic E-state index is -3.04. The molecule has 0 amide bonds. The normalized spacial score (nSPS) is 14.4. The van der Waals surface area contributed by atoms with Crippen molar-refractivity contribution in [2.75, 3.05) is 7.11 Å². The van der Waals surface area contributed by atoms with Crippen molar-refractivity contribution >= 4 is 0 Å². The number of halogens is 2. The van der Waals surface area contributed by atoms with Crippen molar-refractivity contribution in [1.82, 2.24) is 0 Å². The fourth-order valence-corrected chi connectivity index (χ4v) is 1.76. The van der Waals surface area contributed by atoms with Gasteiger partial charge in [-0.25, -0.2) is 0 Å². The zero-order valence-electron chi connectivity index (χ0n) is 11.6. The summed E-state index contributed by atoms with van der Waals surface area (Å²) in [5.41, 5.74) is 5.77. The fraction of sp³-hybridized carbons (Fsp3) is 0.571. The summed E-state index contributed by atoms with van der Waals surface area (Å²) in [5.74, 6) is -2.42. The maximum Gasteiger partial charge on any atom is 0.287 e. The van der Waals surface area contributed by atoms with Gasteiger partial charge in [0.15, 0.2) is 0 Å². The van der Waals surface area contributed by atoms with Gasteiger partial charge in [0, 0.05) is 5.56 Å². The van der Waals surface area contributed by atoms with E-state index in [0.29, 0.717) is 5.75 Å². The number of ether oxygens (including phenoxy) is 1. The van der Waals surface area contributed by atoms with Crippen molar-refractivity contribution in [3.63, 3.8) is 0 Å². The molecule has 0 fully saturated rings. The summed E-state index contributed by atoms with van der Waals surface area (Å²) in [7, 11) is 1.54. The minimum absolute atomic E-state index is 0.0665. The predicted molar refractivity (Wildman–Crippen MR) is 69.2 cm³/mol. The van der Waals surface area contributed by atoms with Crippen LogP contribution in [0.2, 0.25) is 0 Å². The lowest BCUT2D eigenvalue weighted by molar-refractivity contribution is -0.0258. The molecule has 0 saturated carbocycles. The highest BCUT2D eigenvalue weighted by Crippen LogP contribution is 2.37. The number of methoxy groups -OCH3 is 1. The summed E-state index contributed by atoms with van der Waals surface area (Å²) in [4.78, 5) is 0. The van der Waals surface area contributed by atoms with E-state index in [9.17, 15) is 8.78 Å². The van der Waals surface area contributed by atoms with E-state index in [2.05, 4.69) is 0 Å². The number of hydrogen-bond donors (Lipinski definition) is 1. The van der Waals surface area contributed by atoms with E-state index in [-0.39, 0.29) is 11.0 Å². The third-order valence-electron chi connectivity index (χ3n) is 2.96. The monoisotopic (exact) mass is 257 g/mol. The molecule has 0 aliphatic heterocycles. The number of alkyl halides is 2. The topological polar surface area (TPSA) is 35.2 Å². The van der Waals surface area contributed by atoms with E-state index < -0.39 is 12.0 Å². The second-order valence-corrected chi connectivity index (χ2v) is 5.58. The standard InChI is InChI=1S/C14H21F2NO/c1-9(17)14(15,16)10-6-7-12(18-5)11(8-10)13(2,3)4/h6-9H,17H2,1-5H3. The Balaban J connectivity index is 3.36. The number of rotatable bonds is 3. The maximum atomic E-state index is 13.9. The summed E-state index contributed by atoms with van der Waals surface area (Å²) < 4.78 is 33.1. The lowest BCUT2D eigenvalue weighted by Gasteiger charge is -2.26. The SMILES string of the molecule is COc1ccc(C(F)(F)C(C)N)cc1C(C)(C)C. The van der Waals surface area contributed by atoms with Gasteiger partial charge < -0.3 is 10.5 Å². The van der Waals surface area contributed by atoms with Crippen LogP contribution in [0.3, 0.4) is 0 Å². The van der Waals surface area contributed by atoms with E-state index in [0.717, 1.165) is 5.56 Å². The number of hydrogen-bond acceptors (Lipinski definition) is 2. The molecule has 0 radical (unpaired) electrons. The summed E-state index contributed by atoms with van der Waals surface area (Å²) >= 11 is 0. The predicted octanol–water partition coefficient (Wildman–Crippen LogP) is 3.43. The van der Waals surface area contributed by atoms with Crippen LogP contribution in [0.15, 0.2) is 18.2 Å². The van der Waals surface area contributed by atoms with E-state index in [4.69, 9.17) is 10.5 Å². The molecule has 0 aliphatic carbocycles. The summed E-state index contributed by atoms with van der Waals surface area (Å²) in [6.45, 7) is 7.18. The van der Waals surface area contributed by atoms with Gasteiger partial charge in [-0.3, -0.25) is 0 Å². The van der Waals surface area contributed by atoms with Crippen molar-refractivity contribution in [3.8, 4) is 5.75 Å². The molecule has 2 nitrogen and oxygen atoms in total. The van der Waals surface area contributed by atoms with Gasteiger partial charge in [0.25, 0.3) is 5.92 Å². The van der Waals surface area contributed by atoms with Gasteiger partial charge >= 0.3 is 0 Å². The van der Waals surface area contributed by atoms with Gasteiger partial charge in [0.05, 0.1) is 13.2 Å². The third kappa shape index (κ3) is 2.80. The smallest absolute Gasteiger partial charge is 0.287 e. The molecular formula is C14H21F2NO. The second kappa shape index (κ2) is 4.84. The zero-order valence-corrected chi connectivity index (χ0v) is 11.6. The average molecular weight is 257 g/mol. The first-order valence-electron chi connectivity index (χ1n) is 5.93. The van der Waals surface area contributed by atoms with Crippen molar-refractivity contribution in [3.05, 3.63) is 29.3 Å². The highest BCUT2D eigenvalue weighted by molar-refractivity contribution is 5.43. The Hall–Kier alpha value is -1.16. The molecular weight excluding hydrogens is 236 g/mol. The van der Waals surface area contributed by atoms with Crippen LogP contribution in [0.1, 0.15) is 38.8 Å². The van der Waals surface area contributed by atoms with Crippen molar-refractivity contribution in [1.29, 1.82) is 0 Å². The Bertz CT molecular complexity index is 422. The van der Waals surface area contributed by atoms with Gasteiger partial charge in [-0.15, -0.1) is 0 Å². The number of benzene rings is 1. The van der Waals surface area contributed by atoms with Gasteiger partial charge in [-0.2, -0.15) is 8.78 Å². The molecule has 1 unspecified atom stereocenters. The number of nitrogens with two attached hydrogens (primary N) is 1. The van der Waals surface area contributed by atoms with Crippen LogP contribution in [-0.4, -0.2) is 13.2 Å². The quantitative estimate of drug-likeness (QED) is 0.900. The van der Waals surface area contributed by atoms with Crippen molar-refractivity contribution in [2.24, 2.45) is 5.73 Å². The molecule has 1 aromatic rings. The Morgan fingerprint density at radius 3 is 2.17 bits per heavy atom. The molecule has 0 heterocycles. The average Bonchev–Trinajstić information content (AvgIpc) is 2.26. The lowest BCUT2D eigenvalue weighted by Crippen LogP contribution is -2.36. The van der Waals surface area contributed by atoms with Gasteiger partial charge in [0.2, 0.25) is 0 Å². The van der Waals surface area contributed by atoms with Gasteiger partial charge in [-0.05, 0) is 36.1 Å². The van der Waals surface area contributed by atoms with Crippen LogP contribution in [0.25, 0.3) is 0 Å². The van der Waals surface area contributed by atoms with Crippen molar-refractivity contribution in [2.45, 2.75) is 45.1 Å². The molecule has 18 heavy (non-hydrogen) atoms. The third-order valence-corrected chi connectivity index (χ3v) is 2.96. The Labute approximate surface area is 107 Å². The zero-order chi connectivity index (χ0) is 14.1.